The minimum Gasteiger partial charge on any atom is -0.303 e. The van der Waals surface area contributed by atoms with Gasteiger partial charge < -0.3 is 9.80 Å². The van der Waals surface area contributed by atoms with Crippen molar-refractivity contribution in [2.75, 3.05) is 73.8 Å². The standard InChI is InChI=1S/C18H36N2S3/c1-3-7-19(8-4-1)11-13-21-15-17-23-18-16-22-14-12-20-9-5-2-6-10-20/h1-18H2. The Hall–Kier alpha value is 0.970. The van der Waals surface area contributed by atoms with Crippen LogP contribution in [0.3, 0.4) is 0 Å². The second-order valence-electron chi connectivity index (χ2n) is 6.64. The summed E-state index contributed by atoms with van der Waals surface area (Å²) in [6, 6.07) is 0. The van der Waals surface area contributed by atoms with Gasteiger partial charge in [0.15, 0.2) is 0 Å². The zero-order valence-corrected chi connectivity index (χ0v) is 17.3. The van der Waals surface area contributed by atoms with Crippen LogP contribution in [0.4, 0.5) is 0 Å². The molecule has 2 aliphatic rings. The number of nitrogens with zero attached hydrogens (tertiary/aromatic N) is 2. The molecule has 0 aromatic rings. The summed E-state index contributed by atoms with van der Waals surface area (Å²) in [5, 5.41) is 0. The van der Waals surface area contributed by atoms with Crippen molar-refractivity contribution in [2.24, 2.45) is 0 Å². The van der Waals surface area contributed by atoms with Gasteiger partial charge in [0.2, 0.25) is 0 Å². The Kier molecular flexibility index (Phi) is 12.5. The van der Waals surface area contributed by atoms with Gasteiger partial charge in [-0.25, -0.2) is 0 Å². The zero-order valence-electron chi connectivity index (χ0n) is 14.8. The third-order valence-electron chi connectivity index (χ3n) is 4.75. The van der Waals surface area contributed by atoms with Crippen molar-refractivity contribution >= 4 is 35.3 Å². The highest BCUT2D eigenvalue weighted by atomic mass is 32.2. The molecular formula is C18H36N2S3. The van der Waals surface area contributed by atoms with Crippen molar-refractivity contribution in [3.63, 3.8) is 0 Å². The Labute approximate surface area is 157 Å². The first-order chi connectivity index (χ1) is 11.4. The minimum absolute atomic E-state index is 1.32. The predicted octanol–water partition coefficient (Wildman–Crippen LogP) is 4.16. The molecule has 0 atom stereocenters. The van der Waals surface area contributed by atoms with Crippen LogP contribution in [0.25, 0.3) is 0 Å². The maximum absolute atomic E-state index is 2.66. The van der Waals surface area contributed by atoms with Crippen molar-refractivity contribution in [3.05, 3.63) is 0 Å². The summed E-state index contributed by atoms with van der Waals surface area (Å²) in [5.41, 5.74) is 0. The highest BCUT2D eigenvalue weighted by molar-refractivity contribution is 8.04. The molecule has 0 aromatic heterocycles. The lowest BCUT2D eigenvalue weighted by atomic mass is 10.1. The van der Waals surface area contributed by atoms with Crippen LogP contribution in [0.15, 0.2) is 0 Å². The van der Waals surface area contributed by atoms with Gasteiger partial charge in [0, 0.05) is 47.6 Å². The quantitative estimate of drug-likeness (QED) is 0.470. The third kappa shape index (κ3) is 10.5. The number of piperidine rings is 2. The molecule has 0 saturated carbocycles. The first-order valence-corrected chi connectivity index (χ1v) is 13.1. The Morgan fingerprint density at radius 1 is 0.435 bits per heavy atom. The number of hydrogen-bond donors (Lipinski definition) is 0. The van der Waals surface area contributed by atoms with Gasteiger partial charge in [-0.3, -0.25) is 0 Å². The third-order valence-corrected chi connectivity index (χ3v) is 8.18. The number of thioether (sulfide) groups is 3. The van der Waals surface area contributed by atoms with Crippen LogP contribution in [0.2, 0.25) is 0 Å². The van der Waals surface area contributed by atoms with E-state index in [1.807, 2.05) is 0 Å². The second kappa shape index (κ2) is 14.2. The molecule has 2 heterocycles. The summed E-state index contributed by atoms with van der Waals surface area (Å²) >= 11 is 6.47. The molecule has 2 saturated heterocycles. The van der Waals surface area contributed by atoms with Gasteiger partial charge in [-0.05, 0) is 51.9 Å². The second-order valence-corrected chi connectivity index (χ2v) is 10.3. The molecule has 0 bridgehead atoms. The lowest BCUT2D eigenvalue weighted by Crippen LogP contribution is -2.31. The first kappa shape index (κ1) is 20.3. The molecule has 0 unspecified atom stereocenters. The summed E-state index contributed by atoms with van der Waals surface area (Å²) < 4.78 is 0. The molecule has 0 aromatic carbocycles. The van der Waals surface area contributed by atoms with Gasteiger partial charge in [-0.15, -0.1) is 0 Å². The molecule has 5 heteroatoms. The fourth-order valence-electron chi connectivity index (χ4n) is 3.30. The van der Waals surface area contributed by atoms with Crippen molar-refractivity contribution < 1.29 is 0 Å². The minimum atomic E-state index is 1.32. The van der Waals surface area contributed by atoms with Crippen LogP contribution in [0.1, 0.15) is 38.5 Å². The van der Waals surface area contributed by atoms with E-state index in [0.29, 0.717) is 0 Å². The molecule has 136 valence electrons. The zero-order chi connectivity index (χ0) is 16.0. The largest absolute Gasteiger partial charge is 0.303 e. The molecule has 0 amide bonds. The first-order valence-electron chi connectivity index (χ1n) is 9.63. The number of hydrogen-bond acceptors (Lipinski definition) is 5. The van der Waals surface area contributed by atoms with Gasteiger partial charge in [0.1, 0.15) is 0 Å². The average molecular weight is 377 g/mol. The smallest absolute Gasteiger partial charge is 0.00723 e. The van der Waals surface area contributed by atoms with E-state index in [1.165, 1.54) is 112 Å². The maximum atomic E-state index is 2.66. The van der Waals surface area contributed by atoms with E-state index in [4.69, 9.17) is 0 Å². The SMILES string of the molecule is C1CCN(CCSCCSCCSCCN2CCCCC2)CC1. The van der Waals surface area contributed by atoms with Gasteiger partial charge in [0.25, 0.3) is 0 Å². The highest BCUT2D eigenvalue weighted by Crippen LogP contribution is 2.14. The van der Waals surface area contributed by atoms with E-state index in [-0.39, 0.29) is 0 Å². The predicted molar refractivity (Wildman–Crippen MR) is 113 cm³/mol. The average Bonchev–Trinajstić information content (AvgIpc) is 2.61. The summed E-state index contributed by atoms with van der Waals surface area (Å²) in [5.74, 6) is 8.05. The Morgan fingerprint density at radius 2 is 0.783 bits per heavy atom. The Balaban J connectivity index is 1.26. The molecule has 23 heavy (non-hydrogen) atoms. The molecule has 2 aliphatic heterocycles. The summed E-state index contributed by atoms with van der Waals surface area (Å²) in [6.07, 6.45) is 8.62. The van der Waals surface area contributed by atoms with E-state index in [2.05, 4.69) is 45.1 Å². The van der Waals surface area contributed by atoms with Crippen molar-refractivity contribution in [1.29, 1.82) is 0 Å². The molecule has 0 aliphatic carbocycles. The lowest BCUT2D eigenvalue weighted by molar-refractivity contribution is 0.242. The van der Waals surface area contributed by atoms with Crippen molar-refractivity contribution in [1.82, 2.24) is 9.80 Å². The maximum Gasteiger partial charge on any atom is 0.00723 e. The molecule has 2 fully saturated rings. The van der Waals surface area contributed by atoms with Gasteiger partial charge in [0.05, 0.1) is 0 Å². The molecular weight excluding hydrogens is 340 g/mol. The van der Waals surface area contributed by atoms with Gasteiger partial charge in [-0.2, -0.15) is 35.3 Å². The van der Waals surface area contributed by atoms with Gasteiger partial charge >= 0.3 is 0 Å². The molecule has 0 N–H and O–H groups in total. The molecule has 0 radical (unpaired) electrons. The van der Waals surface area contributed by atoms with E-state index >= 15 is 0 Å². The Morgan fingerprint density at radius 3 is 1.17 bits per heavy atom. The van der Waals surface area contributed by atoms with E-state index in [9.17, 15) is 0 Å². The summed E-state index contributed by atoms with van der Waals surface area (Å²) in [7, 11) is 0. The summed E-state index contributed by atoms with van der Waals surface area (Å²) in [4.78, 5) is 5.31. The molecule has 2 rings (SSSR count). The topological polar surface area (TPSA) is 6.48 Å². The van der Waals surface area contributed by atoms with Crippen LogP contribution in [0, 0.1) is 0 Å². The normalized spacial score (nSPS) is 20.9. The highest BCUT2D eigenvalue weighted by Gasteiger charge is 2.09. The monoisotopic (exact) mass is 376 g/mol. The van der Waals surface area contributed by atoms with E-state index < -0.39 is 0 Å². The van der Waals surface area contributed by atoms with Crippen molar-refractivity contribution in [3.8, 4) is 0 Å². The Bertz CT molecular complexity index is 241. The van der Waals surface area contributed by atoms with E-state index in [0.717, 1.165) is 0 Å². The number of rotatable bonds is 12. The van der Waals surface area contributed by atoms with Crippen LogP contribution in [-0.4, -0.2) is 83.6 Å². The fraction of sp³-hybridized carbons (Fsp3) is 1.00. The van der Waals surface area contributed by atoms with Crippen LogP contribution in [0.5, 0.6) is 0 Å². The van der Waals surface area contributed by atoms with E-state index in [1.54, 1.807) is 0 Å². The molecule has 2 nitrogen and oxygen atoms in total. The lowest BCUT2D eigenvalue weighted by Gasteiger charge is -2.26. The van der Waals surface area contributed by atoms with Crippen LogP contribution >= 0.6 is 35.3 Å². The molecule has 0 spiro atoms. The fourth-order valence-corrected chi connectivity index (χ4v) is 6.57. The van der Waals surface area contributed by atoms with Crippen molar-refractivity contribution in [2.45, 2.75) is 38.5 Å². The number of likely N-dealkylation sites (tertiary alicyclic amines) is 2. The van der Waals surface area contributed by atoms with Crippen LogP contribution in [-0.2, 0) is 0 Å². The van der Waals surface area contributed by atoms with Gasteiger partial charge in [-0.1, -0.05) is 12.8 Å². The van der Waals surface area contributed by atoms with Crippen LogP contribution < -0.4 is 0 Å². The summed E-state index contributed by atoms with van der Waals surface area (Å²) in [6.45, 7) is 8.05.